The van der Waals surface area contributed by atoms with Gasteiger partial charge in [-0.25, -0.2) is 0 Å². The predicted octanol–water partition coefficient (Wildman–Crippen LogP) is 3.08. The van der Waals surface area contributed by atoms with E-state index >= 15 is 0 Å². The summed E-state index contributed by atoms with van der Waals surface area (Å²) in [5, 5.41) is 0. The second kappa shape index (κ2) is 3.37. The van der Waals surface area contributed by atoms with Gasteiger partial charge >= 0.3 is 0 Å². The minimum Gasteiger partial charge on any atom is -0.325 e. The van der Waals surface area contributed by atoms with Gasteiger partial charge < -0.3 is 5.73 Å². The molecule has 1 heteroatoms. The van der Waals surface area contributed by atoms with Gasteiger partial charge in [-0.15, -0.1) is 0 Å². The van der Waals surface area contributed by atoms with Gasteiger partial charge in [-0.2, -0.15) is 0 Å². The summed E-state index contributed by atoms with van der Waals surface area (Å²) in [6.45, 7) is 6.78. The zero-order valence-corrected chi connectivity index (χ0v) is 8.82. The number of nitrogens with two attached hydrogens (primary N) is 1. The summed E-state index contributed by atoms with van der Waals surface area (Å²) in [7, 11) is 0. The molecule has 12 heavy (non-hydrogen) atoms. The second-order valence-corrected chi connectivity index (χ2v) is 4.97. The first-order chi connectivity index (χ1) is 5.52. The van der Waals surface area contributed by atoms with Crippen molar-refractivity contribution >= 4 is 0 Å². The Labute approximate surface area is 76.7 Å². The van der Waals surface area contributed by atoms with Crippen LogP contribution in [-0.4, -0.2) is 5.54 Å². The van der Waals surface area contributed by atoms with Gasteiger partial charge in [0.25, 0.3) is 0 Å². The molecule has 0 aromatic carbocycles. The molecule has 2 atom stereocenters. The predicted molar refractivity (Wildman–Crippen MR) is 54.1 cm³/mol. The third-order valence-corrected chi connectivity index (χ3v) is 3.59. The SMILES string of the molecule is CCCCCCC1(C)CC1(C)N. The lowest BCUT2D eigenvalue weighted by molar-refractivity contribution is 0.414. The highest BCUT2D eigenvalue weighted by Crippen LogP contribution is 2.57. The van der Waals surface area contributed by atoms with Gasteiger partial charge in [0.1, 0.15) is 0 Å². The minimum atomic E-state index is 0.152. The summed E-state index contributed by atoms with van der Waals surface area (Å²) in [5.41, 5.74) is 6.68. The average molecular weight is 169 g/mol. The third kappa shape index (κ3) is 2.01. The highest BCUT2D eigenvalue weighted by atomic mass is 14.9. The quantitative estimate of drug-likeness (QED) is 0.629. The van der Waals surface area contributed by atoms with Crippen LogP contribution in [0.25, 0.3) is 0 Å². The zero-order valence-electron chi connectivity index (χ0n) is 8.82. The molecule has 2 unspecified atom stereocenters. The Morgan fingerprint density at radius 2 is 1.75 bits per heavy atom. The first kappa shape index (κ1) is 10.0. The van der Waals surface area contributed by atoms with Crippen molar-refractivity contribution in [2.45, 2.75) is 64.8 Å². The van der Waals surface area contributed by atoms with Crippen LogP contribution < -0.4 is 5.73 Å². The molecule has 1 rings (SSSR count). The Morgan fingerprint density at radius 1 is 1.17 bits per heavy atom. The topological polar surface area (TPSA) is 26.0 Å². The van der Waals surface area contributed by atoms with Gasteiger partial charge in [-0.05, 0) is 25.2 Å². The van der Waals surface area contributed by atoms with E-state index in [9.17, 15) is 0 Å². The summed E-state index contributed by atoms with van der Waals surface area (Å²) in [4.78, 5) is 0. The minimum absolute atomic E-state index is 0.152. The largest absolute Gasteiger partial charge is 0.325 e. The Balaban J connectivity index is 2.09. The molecule has 1 saturated carbocycles. The molecular formula is C11H23N. The van der Waals surface area contributed by atoms with E-state index < -0.39 is 0 Å². The van der Waals surface area contributed by atoms with Crippen molar-refractivity contribution in [1.82, 2.24) is 0 Å². The Bertz CT molecular complexity index is 151. The lowest BCUT2D eigenvalue weighted by Gasteiger charge is -2.13. The van der Waals surface area contributed by atoms with Crippen LogP contribution in [0.3, 0.4) is 0 Å². The molecule has 0 bridgehead atoms. The lowest BCUT2D eigenvalue weighted by Crippen LogP contribution is -2.25. The fourth-order valence-electron chi connectivity index (χ4n) is 2.08. The zero-order chi connectivity index (χ0) is 9.24. The van der Waals surface area contributed by atoms with Gasteiger partial charge in [0.15, 0.2) is 0 Å². The highest BCUT2D eigenvalue weighted by molar-refractivity contribution is 5.13. The Morgan fingerprint density at radius 3 is 2.17 bits per heavy atom. The van der Waals surface area contributed by atoms with Crippen LogP contribution in [0.5, 0.6) is 0 Å². The molecule has 0 amide bonds. The van der Waals surface area contributed by atoms with Gasteiger partial charge in [-0.1, -0.05) is 39.5 Å². The standard InChI is InChI=1S/C11H23N/c1-4-5-6-7-8-10(2)9-11(10,3)12/h4-9,12H2,1-3H3. The fourth-order valence-corrected chi connectivity index (χ4v) is 2.08. The summed E-state index contributed by atoms with van der Waals surface area (Å²) in [5.74, 6) is 0. The van der Waals surface area contributed by atoms with Crippen LogP contribution in [0.2, 0.25) is 0 Å². The molecule has 0 heterocycles. The van der Waals surface area contributed by atoms with Crippen LogP contribution >= 0.6 is 0 Å². The summed E-state index contributed by atoms with van der Waals surface area (Å²) < 4.78 is 0. The van der Waals surface area contributed by atoms with Crippen molar-refractivity contribution in [3.63, 3.8) is 0 Å². The number of rotatable bonds is 5. The van der Waals surface area contributed by atoms with E-state index in [-0.39, 0.29) is 5.54 Å². The molecule has 0 aromatic heterocycles. The van der Waals surface area contributed by atoms with Crippen LogP contribution in [-0.2, 0) is 0 Å². The molecule has 0 aromatic rings. The van der Waals surface area contributed by atoms with Gasteiger partial charge in [0, 0.05) is 5.54 Å². The average Bonchev–Trinajstić information content (AvgIpc) is 2.45. The molecule has 1 fully saturated rings. The molecule has 72 valence electrons. The normalized spacial score (nSPS) is 40.0. The summed E-state index contributed by atoms with van der Waals surface area (Å²) in [6.07, 6.45) is 8.04. The maximum Gasteiger partial charge on any atom is 0.0186 e. The maximum atomic E-state index is 6.06. The van der Waals surface area contributed by atoms with E-state index in [0.717, 1.165) is 0 Å². The van der Waals surface area contributed by atoms with E-state index in [1.165, 1.54) is 38.5 Å². The highest BCUT2D eigenvalue weighted by Gasteiger charge is 2.57. The van der Waals surface area contributed by atoms with Gasteiger partial charge in [0.2, 0.25) is 0 Å². The van der Waals surface area contributed by atoms with E-state index in [4.69, 9.17) is 5.73 Å². The molecule has 0 spiro atoms. The molecule has 1 nitrogen and oxygen atoms in total. The first-order valence-corrected chi connectivity index (χ1v) is 5.31. The van der Waals surface area contributed by atoms with E-state index in [1.807, 2.05) is 0 Å². The monoisotopic (exact) mass is 169 g/mol. The van der Waals surface area contributed by atoms with Crippen molar-refractivity contribution in [3.8, 4) is 0 Å². The molecule has 1 aliphatic rings. The van der Waals surface area contributed by atoms with Crippen molar-refractivity contribution in [3.05, 3.63) is 0 Å². The van der Waals surface area contributed by atoms with Crippen LogP contribution in [0, 0.1) is 5.41 Å². The van der Waals surface area contributed by atoms with Crippen molar-refractivity contribution < 1.29 is 0 Å². The van der Waals surface area contributed by atoms with Crippen LogP contribution in [0.15, 0.2) is 0 Å². The fraction of sp³-hybridized carbons (Fsp3) is 1.00. The lowest BCUT2D eigenvalue weighted by atomic mass is 9.95. The van der Waals surface area contributed by atoms with E-state index in [1.54, 1.807) is 0 Å². The Hall–Kier alpha value is -0.0400. The van der Waals surface area contributed by atoms with E-state index in [0.29, 0.717) is 5.41 Å². The molecule has 0 radical (unpaired) electrons. The molecule has 0 aliphatic heterocycles. The molecule has 1 aliphatic carbocycles. The van der Waals surface area contributed by atoms with Crippen molar-refractivity contribution in [2.24, 2.45) is 11.1 Å². The van der Waals surface area contributed by atoms with Gasteiger partial charge in [0.05, 0.1) is 0 Å². The number of unbranched alkanes of at least 4 members (excludes halogenated alkanes) is 3. The maximum absolute atomic E-state index is 6.06. The molecule has 0 saturated heterocycles. The number of hydrogen-bond acceptors (Lipinski definition) is 1. The molecule has 2 N–H and O–H groups in total. The van der Waals surface area contributed by atoms with Gasteiger partial charge in [-0.3, -0.25) is 0 Å². The third-order valence-electron chi connectivity index (χ3n) is 3.59. The van der Waals surface area contributed by atoms with E-state index in [2.05, 4.69) is 20.8 Å². The number of hydrogen-bond donors (Lipinski definition) is 1. The molecular weight excluding hydrogens is 146 g/mol. The van der Waals surface area contributed by atoms with Crippen molar-refractivity contribution in [2.75, 3.05) is 0 Å². The summed E-state index contributed by atoms with van der Waals surface area (Å²) in [6, 6.07) is 0. The van der Waals surface area contributed by atoms with Crippen LogP contribution in [0.4, 0.5) is 0 Å². The first-order valence-electron chi connectivity index (χ1n) is 5.31. The van der Waals surface area contributed by atoms with Crippen LogP contribution in [0.1, 0.15) is 59.3 Å². The summed E-state index contributed by atoms with van der Waals surface area (Å²) >= 11 is 0. The second-order valence-electron chi connectivity index (χ2n) is 4.97. The smallest absolute Gasteiger partial charge is 0.0186 e. The van der Waals surface area contributed by atoms with Crippen molar-refractivity contribution in [1.29, 1.82) is 0 Å². The Kier molecular flexibility index (Phi) is 2.82.